The van der Waals surface area contributed by atoms with Crippen LogP contribution < -0.4 is 10.1 Å². The molecular formula is C26H27ClN2O4S. The van der Waals surface area contributed by atoms with Gasteiger partial charge in [-0.05, 0) is 61.2 Å². The smallest absolute Gasteiger partial charge is 0.228 e. The summed E-state index contributed by atoms with van der Waals surface area (Å²) in [7, 11) is -3.55. The van der Waals surface area contributed by atoms with Gasteiger partial charge in [0.05, 0.1) is 17.4 Å². The number of piperidine rings is 1. The highest BCUT2D eigenvalue weighted by atomic mass is 35.5. The summed E-state index contributed by atoms with van der Waals surface area (Å²) < 4.78 is 33.5. The first-order valence-corrected chi connectivity index (χ1v) is 13.2. The van der Waals surface area contributed by atoms with Crippen molar-refractivity contribution in [3.05, 3.63) is 88.9 Å². The van der Waals surface area contributed by atoms with Gasteiger partial charge in [0.15, 0.2) is 5.75 Å². The van der Waals surface area contributed by atoms with E-state index in [9.17, 15) is 13.2 Å². The molecule has 34 heavy (non-hydrogen) atoms. The van der Waals surface area contributed by atoms with Gasteiger partial charge in [0, 0.05) is 18.1 Å². The Kier molecular flexibility index (Phi) is 7.56. The maximum atomic E-state index is 13.1. The third kappa shape index (κ3) is 5.97. The van der Waals surface area contributed by atoms with Crippen molar-refractivity contribution in [2.24, 2.45) is 5.92 Å². The van der Waals surface area contributed by atoms with E-state index in [0.717, 1.165) is 11.1 Å². The van der Waals surface area contributed by atoms with E-state index < -0.39 is 15.9 Å². The number of halogens is 1. The minimum Gasteiger partial charge on any atom is -0.455 e. The van der Waals surface area contributed by atoms with Crippen LogP contribution in [0.5, 0.6) is 11.5 Å². The lowest BCUT2D eigenvalue weighted by Crippen LogP contribution is -2.44. The van der Waals surface area contributed by atoms with Crippen molar-refractivity contribution in [2.45, 2.75) is 25.5 Å². The number of hydrogen-bond acceptors (Lipinski definition) is 4. The van der Waals surface area contributed by atoms with E-state index in [2.05, 4.69) is 5.32 Å². The molecule has 0 saturated carbocycles. The van der Waals surface area contributed by atoms with Gasteiger partial charge in [0.2, 0.25) is 15.9 Å². The van der Waals surface area contributed by atoms with Crippen LogP contribution in [-0.4, -0.2) is 31.7 Å². The zero-order valence-corrected chi connectivity index (χ0v) is 20.5. The Morgan fingerprint density at radius 1 is 1.09 bits per heavy atom. The van der Waals surface area contributed by atoms with E-state index in [0.29, 0.717) is 41.6 Å². The molecule has 0 unspecified atom stereocenters. The Bertz CT molecular complexity index is 1260. The number of rotatable bonds is 7. The predicted molar refractivity (Wildman–Crippen MR) is 135 cm³/mol. The number of para-hydroxylation sites is 1. The summed E-state index contributed by atoms with van der Waals surface area (Å²) in [5, 5.41) is 3.36. The van der Waals surface area contributed by atoms with E-state index in [1.165, 1.54) is 4.31 Å². The van der Waals surface area contributed by atoms with Crippen LogP contribution in [0, 0.1) is 12.8 Å². The highest BCUT2D eigenvalue weighted by Gasteiger charge is 2.33. The Labute approximate surface area is 205 Å². The van der Waals surface area contributed by atoms with Crippen molar-refractivity contribution in [1.82, 2.24) is 4.31 Å². The van der Waals surface area contributed by atoms with Crippen LogP contribution in [0.1, 0.15) is 24.0 Å². The molecule has 178 valence electrons. The number of sulfonamides is 1. The summed E-state index contributed by atoms with van der Waals surface area (Å²) in [4.78, 5) is 13.1. The Morgan fingerprint density at radius 3 is 2.59 bits per heavy atom. The molecule has 1 heterocycles. The zero-order chi connectivity index (χ0) is 24.1. The van der Waals surface area contributed by atoms with E-state index in [1.807, 2.05) is 61.5 Å². The summed E-state index contributed by atoms with van der Waals surface area (Å²) in [6.45, 7) is 2.46. The molecule has 8 heteroatoms. The van der Waals surface area contributed by atoms with Crippen LogP contribution >= 0.6 is 11.6 Å². The van der Waals surface area contributed by atoms with Crippen LogP contribution in [0.3, 0.4) is 0 Å². The molecule has 0 spiro atoms. The van der Waals surface area contributed by atoms with Crippen molar-refractivity contribution >= 4 is 33.2 Å². The first-order chi connectivity index (χ1) is 16.3. The quantitative estimate of drug-likeness (QED) is 0.458. The largest absolute Gasteiger partial charge is 0.455 e. The molecule has 1 atom stereocenters. The minimum absolute atomic E-state index is 0.0721. The van der Waals surface area contributed by atoms with E-state index in [4.69, 9.17) is 16.3 Å². The van der Waals surface area contributed by atoms with Crippen LogP contribution in [-0.2, 0) is 20.6 Å². The van der Waals surface area contributed by atoms with E-state index in [-0.39, 0.29) is 18.2 Å². The van der Waals surface area contributed by atoms with Gasteiger partial charge in [0.25, 0.3) is 0 Å². The lowest BCUT2D eigenvalue weighted by Gasteiger charge is -2.31. The van der Waals surface area contributed by atoms with Gasteiger partial charge in [-0.2, -0.15) is 0 Å². The molecule has 1 aliphatic heterocycles. The van der Waals surface area contributed by atoms with Crippen LogP contribution in [0.15, 0.2) is 72.8 Å². The first-order valence-electron chi connectivity index (χ1n) is 11.2. The van der Waals surface area contributed by atoms with Gasteiger partial charge < -0.3 is 10.1 Å². The molecule has 0 aromatic heterocycles. The number of nitrogens with zero attached hydrogens (tertiary/aromatic N) is 1. The summed E-state index contributed by atoms with van der Waals surface area (Å²) in [6, 6.07) is 21.7. The normalized spacial score (nSPS) is 16.7. The molecule has 1 aliphatic rings. The standard InChI is InChI=1S/C26H27ClN2O4S/c1-19-8-5-6-9-21(19)18-34(31,32)29-15-7-10-20(17-29)26(30)28-24-16-22(27)13-14-25(24)33-23-11-3-2-4-12-23/h2-6,8-9,11-14,16,20H,7,10,15,17-18H2,1H3,(H,28,30)/t20-/m0/s1. The van der Waals surface area contributed by atoms with E-state index in [1.54, 1.807) is 18.2 Å². The van der Waals surface area contributed by atoms with Gasteiger partial charge in [-0.25, -0.2) is 12.7 Å². The molecule has 4 rings (SSSR count). The van der Waals surface area contributed by atoms with Crippen molar-refractivity contribution < 1.29 is 17.9 Å². The highest BCUT2D eigenvalue weighted by molar-refractivity contribution is 7.88. The summed E-state index contributed by atoms with van der Waals surface area (Å²) in [5.74, 6) is 0.298. The summed E-state index contributed by atoms with van der Waals surface area (Å²) in [5.41, 5.74) is 2.15. The second-order valence-corrected chi connectivity index (χ2v) is 10.8. The van der Waals surface area contributed by atoms with Crippen LogP contribution in [0.25, 0.3) is 0 Å². The summed E-state index contributed by atoms with van der Waals surface area (Å²) >= 11 is 6.17. The maximum absolute atomic E-state index is 13.1. The molecule has 1 N–H and O–H groups in total. The number of nitrogens with one attached hydrogen (secondary N) is 1. The van der Waals surface area contributed by atoms with Crippen LogP contribution in [0.2, 0.25) is 5.02 Å². The Hall–Kier alpha value is -2.87. The summed E-state index contributed by atoms with van der Waals surface area (Å²) in [6.07, 6.45) is 1.23. The highest BCUT2D eigenvalue weighted by Crippen LogP contribution is 2.33. The molecule has 1 saturated heterocycles. The Balaban J connectivity index is 1.47. The number of anilines is 1. The van der Waals surface area contributed by atoms with Gasteiger partial charge in [-0.15, -0.1) is 0 Å². The van der Waals surface area contributed by atoms with Gasteiger partial charge in [-0.1, -0.05) is 54.1 Å². The second-order valence-electron chi connectivity index (χ2n) is 8.42. The first kappa shape index (κ1) is 24.3. The lowest BCUT2D eigenvalue weighted by atomic mass is 9.98. The molecule has 0 bridgehead atoms. The topological polar surface area (TPSA) is 75.7 Å². The van der Waals surface area contributed by atoms with Gasteiger partial charge in [0.1, 0.15) is 5.75 Å². The second kappa shape index (κ2) is 10.6. The molecular weight excluding hydrogens is 472 g/mol. The van der Waals surface area contributed by atoms with Crippen molar-refractivity contribution in [2.75, 3.05) is 18.4 Å². The number of carbonyl (C=O) groups is 1. The zero-order valence-electron chi connectivity index (χ0n) is 18.9. The number of aryl methyl sites for hydroxylation is 1. The SMILES string of the molecule is Cc1ccccc1CS(=O)(=O)N1CCC[C@H](C(=O)Nc2cc(Cl)ccc2Oc2ccccc2)C1. The Morgan fingerprint density at radius 2 is 1.82 bits per heavy atom. The fourth-order valence-corrected chi connectivity index (χ4v) is 5.89. The lowest BCUT2D eigenvalue weighted by molar-refractivity contribution is -0.120. The maximum Gasteiger partial charge on any atom is 0.228 e. The molecule has 0 radical (unpaired) electrons. The fourth-order valence-electron chi connectivity index (χ4n) is 4.01. The number of hydrogen-bond donors (Lipinski definition) is 1. The van der Waals surface area contributed by atoms with Crippen LogP contribution in [0.4, 0.5) is 5.69 Å². The van der Waals surface area contributed by atoms with E-state index >= 15 is 0 Å². The average molecular weight is 499 g/mol. The number of benzene rings is 3. The van der Waals surface area contributed by atoms with Gasteiger partial charge in [-0.3, -0.25) is 4.79 Å². The molecule has 0 aliphatic carbocycles. The molecule has 1 fully saturated rings. The van der Waals surface area contributed by atoms with Crippen molar-refractivity contribution in [1.29, 1.82) is 0 Å². The monoisotopic (exact) mass is 498 g/mol. The number of carbonyl (C=O) groups excluding carboxylic acids is 1. The van der Waals surface area contributed by atoms with Crippen molar-refractivity contribution in [3.63, 3.8) is 0 Å². The third-order valence-corrected chi connectivity index (χ3v) is 7.95. The molecule has 6 nitrogen and oxygen atoms in total. The number of ether oxygens (including phenoxy) is 1. The fraction of sp³-hybridized carbons (Fsp3) is 0.269. The van der Waals surface area contributed by atoms with Crippen molar-refractivity contribution in [3.8, 4) is 11.5 Å². The number of amides is 1. The third-order valence-electron chi connectivity index (χ3n) is 5.92. The molecule has 1 amide bonds. The molecule has 3 aromatic carbocycles. The average Bonchev–Trinajstić information content (AvgIpc) is 2.83. The van der Waals surface area contributed by atoms with Gasteiger partial charge >= 0.3 is 0 Å². The minimum atomic E-state index is -3.55. The molecule has 3 aromatic rings. The predicted octanol–water partition coefficient (Wildman–Crippen LogP) is 5.62.